The van der Waals surface area contributed by atoms with Crippen LogP contribution < -0.4 is 15.8 Å². The van der Waals surface area contributed by atoms with Gasteiger partial charge in [0.25, 0.3) is 0 Å². The Labute approximate surface area is 140 Å². The van der Waals surface area contributed by atoms with E-state index in [1.807, 2.05) is 25.1 Å². The molecule has 0 heterocycles. The van der Waals surface area contributed by atoms with Gasteiger partial charge in [-0.1, -0.05) is 22.4 Å². The van der Waals surface area contributed by atoms with Crippen molar-refractivity contribution in [3.05, 3.63) is 22.7 Å². The Balaban J connectivity index is 0.00000220. The van der Waals surface area contributed by atoms with E-state index in [4.69, 9.17) is 10.5 Å². The number of carbonyl (C=O) groups excluding carboxylic acids is 1. The minimum atomic E-state index is 0. The van der Waals surface area contributed by atoms with Crippen LogP contribution in [0.15, 0.2) is 22.7 Å². The number of carbonyl (C=O) groups is 1. The van der Waals surface area contributed by atoms with E-state index in [2.05, 4.69) is 21.2 Å². The summed E-state index contributed by atoms with van der Waals surface area (Å²) >= 11 is 3.41. The van der Waals surface area contributed by atoms with E-state index < -0.39 is 0 Å². The molecule has 0 spiro atoms. The molecule has 1 amide bonds. The number of rotatable bonds is 5. The molecule has 0 unspecified atom stereocenters. The van der Waals surface area contributed by atoms with Crippen molar-refractivity contribution in [2.24, 2.45) is 11.7 Å². The number of hydrogen-bond donors (Lipinski definition) is 2. The normalized spacial score (nSPS) is 20.7. The molecule has 0 saturated heterocycles. The summed E-state index contributed by atoms with van der Waals surface area (Å²) in [6.45, 7) is 2.49. The summed E-state index contributed by atoms with van der Waals surface area (Å²) in [7, 11) is 0. The fourth-order valence-electron chi connectivity index (χ4n) is 2.64. The third-order valence-electron chi connectivity index (χ3n) is 3.68. The SMILES string of the molecule is CCOc1ccc(Br)cc1NC(=O)C[C@@H]1CCC[C@H]1N.Cl. The molecule has 1 saturated carbocycles. The molecule has 1 fully saturated rings. The average Bonchev–Trinajstić information content (AvgIpc) is 2.78. The maximum atomic E-state index is 12.1. The van der Waals surface area contributed by atoms with Gasteiger partial charge in [-0.2, -0.15) is 0 Å². The van der Waals surface area contributed by atoms with E-state index in [0.717, 1.165) is 23.7 Å². The van der Waals surface area contributed by atoms with Crippen molar-refractivity contribution >= 4 is 39.9 Å². The lowest BCUT2D eigenvalue weighted by Gasteiger charge is -2.16. The summed E-state index contributed by atoms with van der Waals surface area (Å²) in [5, 5.41) is 2.93. The monoisotopic (exact) mass is 376 g/mol. The molecule has 118 valence electrons. The molecule has 4 nitrogen and oxygen atoms in total. The maximum absolute atomic E-state index is 12.1. The Hall–Kier alpha value is -0.780. The number of benzene rings is 1. The van der Waals surface area contributed by atoms with Crippen LogP contribution in [0, 0.1) is 5.92 Å². The second-order valence-corrected chi connectivity index (χ2v) is 6.10. The molecule has 1 aliphatic carbocycles. The summed E-state index contributed by atoms with van der Waals surface area (Å²) in [6, 6.07) is 5.77. The van der Waals surface area contributed by atoms with Crippen molar-refractivity contribution < 1.29 is 9.53 Å². The first-order chi connectivity index (χ1) is 9.60. The van der Waals surface area contributed by atoms with Crippen LogP contribution in [0.25, 0.3) is 0 Å². The van der Waals surface area contributed by atoms with Crippen molar-refractivity contribution in [3.8, 4) is 5.75 Å². The predicted octanol–water partition coefficient (Wildman–Crippen LogP) is 3.73. The third-order valence-corrected chi connectivity index (χ3v) is 4.17. The van der Waals surface area contributed by atoms with Gasteiger partial charge in [-0.15, -0.1) is 12.4 Å². The second-order valence-electron chi connectivity index (χ2n) is 5.18. The summed E-state index contributed by atoms with van der Waals surface area (Å²) in [6.07, 6.45) is 3.68. The van der Waals surface area contributed by atoms with Crippen LogP contribution in [0.1, 0.15) is 32.6 Å². The number of nitrogens with two attached hydrogens (primary N) is 1. The van der Waals surface area contributed by atoms with Crippen molar-refractivity contribution in [1.29, 1.82) is 0 Å². The number of nitrogens with one attached hydrogen (secondary N) is 1. The molecular formula is C15H22BrClN2O2. The van der Waals surface area contributed by atoms with Crippen LogP contribution in [0.4, 0.5) is 5.69 Å². The van der Waals surface area contributed by atoms with Crippen LogP contribution in [-0.4, -0.2) is 18.6 Å². The van der Waals surface area contributed by atoms with E-state index in [-0.39, 0.29) is 24.4 Å². The minimum Gasteiger partial charge on any atom is -0.492 e. The summed E-state index contributed by atoms with van der Waals surface area (Å²) in [4.78, 5) is 12.1. The number of anilines is 1. The lowest BCUT2D eigenvalue weighted by molar-refractivity contribution is -0.117. The van der Waals surface area contributed by atoms with E-state index in [1.165, 1.54) is 0 Å². The molecule has 0 aromatic heterocycles. The molecule has 2 atom stereocenters. The van der Waals surface area contributed by atoms with Gasteiger partial charge in [0.15, 0.2) is 0 Å². The Kier molecular flexibility index (Phi) is 7.49. The van der Waals surface area contributed by atoms with Crippen molar-refractivity contribution in [1.82, 2.24) is 0 Å². The molecular weight excluding hydrogens is 356 g/mol. The third kappa shape index (κ3) is 5.16. The quantitative estimate of drug-likeness (QED) is 0.822. The predicted molar refractivity (Wildman–Crippen MR) is 91.1 cm³/mol. The molecule has 2 rings (SSSR count). The van der Waals surface area contributed by atoms with Crippen LogP contribution in [0.5, 0.6) is 5.75 Å². The van der Waals surface area contributed by atoms with Crippen LogP contribution in [0.3, 0.4) is 0 Å². The van der Waals surface area contributed by atoms with Crippen LogP contribution >= 0.6 is 28.3 Å². The largest absolute Gasteiger partial charge is 0.492 e. The van der Waals surface area contributed by atoms with Crippen molar-refractivity contribution in [2.45, 2.75) is 38.6 Å². The van der Waals surface area contributed by atoms with E-state index >= 15 is 0 Å². The molecule has 0 bridgehead atoms. The fraction of sp³-hybridized carbons (Fsp3) is 0.533. The molecule has 1 aliphatic rings. The zero-order valence-electron chi connectivity index (χ0n) is 12.1. The minimum absolute atomic E-state index is 0. The number of halogens is 2. The topological polar surface area (TPSA) is 64.3 Å². The van der Waals surface area contributed by atoms with Gasteiger partial charge in [0.1, 0.15) is 5.75 Å². The number of ether oxygens (including phenoxy) is 1. The van der Waals surface area contributed by atoms with Gasteiger partial charge in [0, 0.05) is 16.9 Å². The molecule has 6 heteroatoms. The Morgan fingerprint density at radius 3 is 2.86 bits per heavy atom. The highest BCUT2D eigenvalue weighted by atomic mass is 79.9. The summed E-state index contributed by atoms with van der Waals surface area (Å²) < 4.78 is 6.43. The van der Waals surface area contributed by atoms with Gasteiger partial charge in [-0.25, -0.2) is 0 Å². The van der Waals surface area contributed by atoms with Crippen molar-refractivity contribution in [2.75, 3.05) is 11.9 Å². The summed E-state index contributed by atoms with van der Waals surface area (Å²) in [5.74, 6) is 1.00. The average molecular weight is 378 g/mol. The first-order valence-corrected chi connectivity index (χ1v) is 7.87. The Bertz CT molecular complexity index is 485. The standard InChI is InChI=1S/C15H21BrN2O2.ClH/c1-2-20-14-7-6-11(16)9-13(14)18-15(19)8-10-4-3-5-12(10)17;/h6-7,9-10,12H,2-5,8,17H2,1H3,(H,18,19);1H/t10-,12+;/m0./s1. The van der Waals surface area contributed by atoms with Crippen molar-refractivity contribution in [3.63, 3.8) is 0 Å². The molecule has 0 radical (unpaired) electrons. The Morgan fingerprint density at radius 1 is 1.48 bits per heavy atom. The highest BCUT2D eigenvalue weighted by Crippen LogP contribution is 2.30. The molecule has 0 aliphatic heterocycles. The smallest absolute Gasteiger partial charge is 0.224 e. The van der Waals surface area contributed by atoms with Gasteiger partial charge < -0.3 is 15.8 Å². The molecule has 1 aromatic rings. The lowest BCUT2D eigenvalue weighted by atomic mass is 10.00. The maximum Gasteiger partial charge on any atom is 0.224 e. The highest BCUT2D eigenvalue weighted by molar-refractivity contribution is 9.10. The molecule has 21 heavy (non-hydrogen) atoms. The fourth-order valence-corrected chi connectivity index (χ4v) is 3.00. The van der Waals surface area contributed by atoms with Gasteiger partial charge >= 0.3 is 0 Å². The first-order valence-electron chi connectivity index (χ1n) is 7.08. The lowest BCUT2D eigenvalue weighted by Crippen LogP contribution is -2.28. The zero-order chi connectivity index (χ0) is 14.5. The molecule has 1 aromatic carbocycles. The van der Waals surface area contributed by atoms with E-state index in [1.54, 1.807) is 0 Å². The second kappa shape index (κ2) is 8.61. The molecule has 3 N–H and O–H groups in total. The van der Waals surface area contributed by atoms with Gasteiger partial charge in [0.2, 0.25) is 5.91 Å². The summed E-state index contributed by atoms with van der Waals surface area (Å²) in [5.41, 5.74) is 6.72. The van der Waals surface area contributed by atoms with Crippen LogP contribution in [-0.2, 0) is 4.79 Å². The highest BCUT2D eigenvalue weighted by Gasteiger charge is 2.26. The first kappa shape index (κ1) is 18.3. The Morgan fingerprint density at radius 2 is 2.24 bits per heavy atom. The van der Waals surface area contributed by atoms with E-state index in [0.29, 0.717) is 30.4 Å². The van der Waals surface area contributed by atoms with Gasteiger partial charge in [-0.3, -0.25) is 4.79 Å². The number of hydrogen-bond acceptors (Lipinski definition) is 3. The zero-order valence-corrected chi connectivity index (χ0v) is 14.5. The van der Waals surface area contributed by atoms with Gasteiger partial charge in [0.05, 0.1) is 12.3 Å². The van der Waals surface area contributed by atoms with E-state index in [9.17, 15) is 4.79 Å². The van der Waals surface area contributed by atoms with Crippen LogP contribution in [0.2, 0.25) is 0 Å². The van der Waals surface area contributed by atoms with Gasteiger partial charge in [-0.05, 0) is 43.9 Å². The number of amides is 1.